The first-order valence-electron chi connectivity index (χ1n) is 6.07. The van der Waals surface area contributed by atoms with E-state index in [1.54, 1.807) is 11.0 Å². The molecule has 0 bridgehead atoms. The largest absolute Gasteiger partial charge is 0.324 e. The van der Waals surface area contributed by atoms with Gasteiger partial charge in [-0.2, -0.15) is 5.10 Å². The minimum atomic E-state index is -0.0254. The van der Waals surface area contributed by atoms with Gasteiger partial charge in [0, 0.05) is 10.4 Å². The number of carbonyl (C=O) groups excluding carboxylic acids is 1. The summed E-state index contributed by atoms with van der Waals surface area (Å²) in [6.07, 6.45) is 3.86. The maximum atomic E-state index is 12.0. The second kappa shape index (κ2) is 5.97. The van der Waals surface area contributed by atoms with E-state index in [0.717, 1.165) is 16.6 Å². The lowest BCUT2D eigenvalue weighted by Crippen LogP contribution is -2.20. The molecule has 1 aromatic carbocycles. The molecule has 2 rings (SSSR count). The first-order valence-corrected chi connectivity index (χ1v) is 6.86. The van der Waals surface area contributed by atoms with Gasteiger partial charge >= 0.3 is 0 Å². The molecule has 0 saturated carbocycles. The van der Waals surface area contributed by atoms with Gasteiger partial charge in [0.2, 0.25) is 5.91 Å². The highest BCUT2D eigenvalue weighted by Gasteiger charge is 2.14. The Morgan fingerprint density at radius 2 is 2.32 bits per heavy atom. The van der Waals surface area contributed by atoms with Crippen LogP contribution in [0.1, 0.15) is 20.3 Å². The summed E-state index contributed by atoms with van der Waals surface area (Å²) < 4.78 is 2.52. The van der Waals surface area contributed by atoms with Gasteiger partial charge in [0.1, 0.15) is 12.7 Å². The third-order valence-corrected chi connectivity index (χ3v) is 3.44. The third-order valence-electron chi connectivity index (χ3n) is 2.94. The Kier molecular flexibility index (Phi) is 4.31. The summed E-state index contributed by atoms with van der Waals surface area (Å²) in [5.41, 5.74) is 1.50. The van der Waals surface area contributed by atoms with Crippen molar-refractivity contribution in [3.63, 3.8) is 0 Å². The SMILES string of the molecule is CC[C@H](C)C(=O)Nc1cc(Br)ccc1-n1cncn1. The highest BCUT2D eigenvalue weighted by Crippen LogP contribution is 2.24. The highest BCUT2D eigenvalue weighted by molar-refractivity contribution is 9.10. The first kappa shape index (κ1) is 13.7. The summed E-state index contributed by atoms with van der Waals surface area (Å²) in [6, 6.07) is 5.64. The molecule has 1 amide bonds. The molecule has 2 aromatic rings. The summed E-state index contributed by atoms with van der Waals surface area (Å²) in [4.78, 5) is 15.9. The molecule has 0 fully saturated rings. The minimum absolute atomic E-state index is 0.00182. The van der Waals surface area contributed by atoms with E-state index in [4.69, 9.17) is 0 Å². The predicted octanol–water partition coefficient (Wildman–Crippen LogP) is 3.01. The molecule has 6 heteroatoms. The van der Waals surface area contributed by atoms with E-state index < -0.39 is 0 Å². The second-order valence-corrected chi connectivity index (χ2v) is 5.22. The Hall–Kier alpha value is -1.69. The number of halogens is 1. The first-order chi connectivity index (χ1) is 9.11. The lowest BCUT2D eigenvalue weighted by Gasteiger charge is -2.14. The van der Waals surface area contributed by atoms with Gasteiger partial charge in [-0.1, -0.05) is 29.8 Å². The van der Waals surface area contributed by atoms with Crippen LogP contribution < -0.4 is 5.32 Å². The molecule has 19 heavy (non-hydrogen) atoms. The van der Waals surface area contributed by atoms with Crippen LogP contribution in [-0.2, 0) is 4.79 Å². The van der Waals surface area contributed by atoms with Crippen molar-refractivity contribution in [2.45, 2.75) is 20.3 Å². The number of anilines is 1. The van der Waals surface area contributed by atoms with Crippen molar-refractivity contribution in [1.82, 2.24) is 14.8 Å². The Labute approximate surface area is 120 Å². The summed E-state index contributed by atoms with van der Waals surface area (Å²) >= 11 is 3.41. The van der Waals surface area contributed by atoms with Crippen LogP contribution in [0.3, 0.4) is 0 Å². The smallest absolute Gasteiger partial charge is 0.227 e. The van der Waals surface area contributed by atoms with Crippen LogP contribution in [0.25, 0.3) is 5.69 Å². The zero-order chi connectivity index (χ0) is 13.8. The van der Waals surface area contributed by atoms with Crippen LogP contribution in [0.15, 0.2) is 35.3 Å². The van der Waals surface area contributed by atoms with Crippen molar-refractivity contribution in [3.8, 4) is 5.69 Å². The van der Waals surface area contributed by atoms with Gasteiger partial charge < -0.3 is 5.32 Å². The van der Waals surface area contributed by atoms with Crippen LogP contribution >= 0.6 is 15.9 Å². The van der Waals surface area contributed by atoms with E-state index in [9.17, 15) is 4.79 Å². The maximum Gasteiger partial charge on any atom is 0.227 e. The maximum absolute atomic E-state index is 12.0. The fraction of sp³-hybridized carbons (Fsp3) is 0.308. The summed E-state index contributed by atoms with van der Waals surface area (Å²) in [5, 5.41) is 7.02. The standard InChI is InChI=1S/C13H15BrN4O/c1-3-9(2)13(19)17-11-6-10(14)4-5-12(11)18-8-15-7-16-18/h4-9H,3H2,1-2H3,(H,17,19)/t9-/m0/s1. The average Bonchev–Trinajstić information content (AvgIpc) is 2.91. The van der Waals surface area contributed by atoms with Crippen LogP contribution in [0.4, 0.5) is 5.69 Å². The molecule has 1 aromatic heterocycles. The van der Waals surface area contributed by atoms with Crippen molar-refractivity contribution >= 4 is 27.5 Å². The van der Waals surface area contributed by atoms with Gasteiger partial charge in [-0.25, -0.2) is 9.67 Å². The zero-order valence-corrected chi connectivity index (χ0v) is 12.4. The average molecular weight is 323 g/mol. The van der Waals surface area contributed by atoms with Gasteiger partial charge in [0.05, 0.1) is 11.4 Å². The number of nitrogens with zero attached hydrogens (tertiary/aromatic N) is 3. The molecule has 0 radical (unpaired) electrons. The number of amides is 1. The van der Waals surface area contributed by atoms with Crippen molar-refractivity contribution in [2.75, 3.05) is 5.32 Å². The van der Waals surface area contributed by atoms with Crippen LogP contribution in [0, 0.1) is 5.92 Å². The van der Waals surface area contributed by atoms with Crippen LogP contribution in [0.5, 0.6) is 0 Å². The number of carbonyl (C=O) groups is 1. The second-order valence-electron chi connectivity index (χ2n) is 4.30. The lowest BCUT2D eigenvalue weighted by molar-refractivity contribution is -0.119. The fourth-order valence-electron chi connectivity index (χ4n) is 1.58. The lowest BCUT2D eigenvalue weighted by atomic mass is 10.1. The molecule has 0 aliphatic carbocycles. The topological polar surface area (TPSA) is 59.8 Å². The predicted molar refractivity (Wildman–Crippen MR) is 77.1 cm³/mol. The van der Waals surface area contributed by atoms with Crippen molar-refractivity contribution in [2.24, 2.45) is 5.92 Å². The monoisotopic (exact) mass is 322 g/mol. The molecule has 1 N–H and O–H groups in total. The van der Waals surface area contributed by atoms with Crippen molar-refractivity contribution in [3.05, 3.63) is 35.3 Å². The molecule has 0 aliphatic rings. The van der Waals surface area contributed by atoms with E-state index in [0.29, 0.717) is 5.69 Å². The Morgan fingerprint density at radius 3 is 2.95 bits per heavy atom. The van der Waals surface area contributed by atoms with E-state index >= 15 is 0 Å². The van der Waals surface area contributed by atoms with Gasteiger partial charge in [-0.15, -0.1) is 0 Å². The number of nitrogens with one attached hydrogen (secondary N) is 1. The zero-order valence-electron chi connectivity index (χ0n) is 10.8. The Balaban J connectivity index is 2.33. The molecular formula is C13H15BrN4O. The molecule has 0 saturated heterocycles. The van der Waals surface area contributed by atoms with Gasteiger partial charge in [-0.05, 0) is 24.6 Å². The third kappa shape index (κ3) is 3.20. The molecule has 0 spiro atoms. The highest BCUT2D eigenvalue weighted by atomic mass is 79.9. The van der Waals surface area contributed by atoms with E-state index in [2.05, 4.69) is 31.3 Å². The van der Waals surface area contributed by atoms with E-state index in [-0.39, 0.29) is 11.8 Å². The van der Waals surface area contributed by atoms with Crippen molar-refractivity contribution in [1.29, 1.82) is 0 Å². The normalized spacial score (nSPS) is 12.2. The molecule has 1 heterocycles. The number of aromatic nitrogens is 3. The minimum Gasteiger partial charge on any atom is -0.324 e. The fourth-order valence-corrected chi connectivity index (χ4v) is 1.94. The van der Waals surface area contributed by atoms with E-state index in [1.165, 1.54) is 6.33 Å². The molecule has 100 valence electrons. The Morgan fingerprint density at radius 1 is 1.53 bits per heavy atom. The summed E-state index contributed by atoms with van der Waals surface area (Å²) in [5.74, 6) is -0.0236. The van der Waals surface area contributed by atoms with Gasteiger partial charge in [0.15, 0.2) is 0 Å². The quantitative estimate of drug-likeness (QED) is 0.941. The van der Waals surface area contributed by atoms with Crippen LogP contribution in [0.2, 0.25) is 0 Å². The number of benzene rings is 1. The molecule has 1 atom stereocenters. The number of hydrogen-bond donors (Lipinski definition) is 1. The molecule has 0 aliphatic heterocycles. The summed E-state index contributed by atoms with van der Waals surface area (Å²) in [6.45, 7) is 3.89. The van der Waals surface area contributed by atoms with Gasteiger partial charge in [-0.3, -0.25) is 4.79 Å². The Bertz CT molecular complexity index is 568. The molecule has 0 unspecified atom stereocenters. The van der Waals surface area contributed by atoms with Crippen molar-refractivity contribution < 1.29 is 4.79 Å². The summed E-state index contributed by atoms with van der Waals surface area (Å²) in [7, 11) is 0. The molecular weight excluding hydrogens is 308 g/mol. The van der Waals surface area contributed by atoms with Crippen LogP contribution in [-0.4, -0.2) is 20.7 Å². The number of hydrogen-bond acceptors (Lipinski definition) is 3. The van der Waals surface area contributed by atoms with Gasteiger partial charge in [0.25, 0.3) is 0 Å². The van der Waals surface area contributed by atoms with E-state index in [1.807, 2.05) is 32.0 Å². The number of rotatable bonds is 4. The molecule has 5 nitrogen and oxygen atoms in total.